The molecule has 0 aromatic carbocycles. The minimum atomic E-state index is 0.396. The highest BCUT2D eigenvalue weighted by atomic mass is 14.7. The van der Waals surface area contributed by atoms with Crippen molar-refractivity contribution in [1.29, 1.82) is 0 Å². The second kappa shape index (κ2) is 2.04. The highest BCUT2D eigenvalue weighted by molar-refractivity contribution is 5.41. The van der Waals surface area contributed by atoms with E-state index < -0.39 is 0 Å². The van der Waals surface area contributed by atoms with Crippen LogP contribution in [0.15, 0.2) is 11.1 Å². The largest absolute Gasteiger partial charge is 0.0676 e. The minimum absolute atomic E-state index is 0.396. The molecular weight excluding hydrogens is 156 g/mol. The average molecular weight is 178 g/mol. The van der Waals surface area contributed by atoms with Crippen LogP contribution < -0.4 is 0 Å². The molecule has 1 saturated carbocycles. The quantitative estimate of drug-likeness (QED) is 0.488. The van der Waals surface area contributed by atoms with Gasteiger partial charge >= 0.3 is 0 Å². The molecule has 0 heterocycles. The van der Waals surface area contributed by atoms with Crippen LogP contribution in [-0.4, -0.2) is 0 Å². The zero-order valence-electron chi connectivity index (χ0n) is 9.91. The summed E-state index contributed by atoms with van der Waals surface area (Å²) < 4.78 is 0. The molecular formula is C13H22. The molecule has 0 radical (unpaired) electrons. The van der Waals surface area contributed by atoms with Crippen molar-refractivity contribution in [2.75, 3.05) is 0 Å². The van der Waals surface area contributed by atoms with Crippen molar-refractivity contribution < 1.29 is 0 Å². The molecule has 0 saturated heterocycles. The van der Waals surface area contributed by atoms with Gasteiger partial charge in [0.15, 0.2) is 0 Å². The Balaban J connectivity index is 2.58. The monoisotopic (exact) mass is 178 g/mol. The second-order valence-electron chi connectivity index (χ2n) is 6.08. The molecule has 0 unspecified atom stereocenters. The highest BCUT2D eigenvalue weighted by Gasteiger charge is 2.65. The first-order chi connectivity index (χ1) is 5.77. The molecule has 2 rings (SSSR count). The fraction of sp³-hybridized carbons (Fsp3) is 0.846. The average Bonchev–Trinajstić information content (AvgIpc) is 2.79. The standard InChI is InChI=1S/C13H22/c1-9-10(2)13(7-8-13)12(5,6)11(9,3)4/h7-8H2,1-6H3. The van der Waals surface area contributed by atoms with Gasteiger partial charge in [0, 0.05) is 0 Å². The Hall–Kier alpha value is -0.260. The van der Waals surface area contributed by atoms with Crippen LogP contribution in [0.5, 0.6) is 0 Å². The summed E-state index contributed by atoms with van der Waals surface area (Å²) in [6, 6.07) is 0. The fourth-order valence-electron chi connectivity index (χ4n) is 3.49. The van der Waals surface area contributed by atoms with Crippen LogP contribution in [-0.2, 0) is 0 Å². The lowest BCUT2D eigenvalue weighted by Gasteiger charge is -2.41. The van der Waals surface area contributed by atoms with Crippen molar-refractivity contribution in [1.82, 2.24) is 0 Å². The lowest BCUT2D eigenvalue weighted by atomic mass is 9.62. The van der Waals surface area contributed by atoms with Crippen LogP contribution in [0, 0.1) is 16.2 Å². The molecule has 1 spiro atoms. The van der Waals surface area contributed by atoms with Crippen molar-refractivity contribution in [2.45, 2.75) is 54.4 Å². The van der Waals surface area contributed by atoms with Crippen molar-refractivity contribution in [3.8, 4) is 0 Å². The normalized spacial score (nSPS) is 32.8. The van der Waals surface area contributed by atoms with Gasteiger partial charge in [0.05, 0.1) is 0 Å². The predicted octanol–water partition coefficient (Wildman–Crippen LogP) is 4.17. The Kier molecular flexibility index (Phi) is 1.46. The summed E-state index contributed by atoms with van der Waals surface area (Å²) in [7, 11) is 0. The summed E-state index contributed by atoms with van der Waals surface area (Å²) in [5.74, 6) is 0. The van der Waals surface area contributed by atoms with Crippen LogP contribution >= 0.6 is 0 Å². The molecule has 0 aromatic rings. The first-order valence-corrected chi connectivity index (χ1v) is 5.46. The van der Waals surface area contributed by atoms with E-state index in [9.17, 15) is 0 Å². The van der Waals surface area contributed by atoms with Gasteiger partial charge in [0.25, 0.3) is 0 Å². The summed E-state index contributed by atoms with van der Waals surface area (Å²) in [5.41, 5.74) is 4.79. The third-order valence-electron chi connectivity index (χ3n) is 5.73. The zero-order chi connectivity index (χ0) is 10.1. The molecule has 0 amide bonds. The minimum Gasteiger partial charge on any atom is -0.0676 e. The van der Waals surface area contributed by atoms with Crippen molar-refractivity contribution in [3.63, 3.8) is 0 Å². The van der Waals surface area contributed by atoms with E-state index in [-0.39, 0.29) is 0 Å². The maximum Gasteiger partial charge on any atom is -0.00281 e. The molecule has 0 nitrogen and oxygen atoms in total. The van der Waals surface area contributed by atoms with Crippen LogP contribution in [0.3, 0.4) is 0 Å². The van der Waals surface area contributed by atoms with Gasteiger partial charge in [-0.1, -0.05) is 38.8 Å². The van der Waals surface area contributed by atoms with E-state index in [1.165, 1.54) is 12.8 Å². The van der Waals surface area contributed by atoms with E-state index in [2.05, 4.69) is 41.5 Å². The van der Waals surface area contributed by atoms with Gasteiger partial charge in [-0.2, -0.15) is 0 Å². The number of rotatable bonds is 0. The molecule has 2 aliphatic carbocycles. The summed E-state index contributed by atoms with van der Waals surface area (Å²) >= 11 is 0. The lowest BCUT2D eigenvalue weighted by Crippen LogP contribution is -2.35. The topological polar surface area (TPSA) is 0 Å². The summed E-state index contributed by atoms with van der Waals surface area (Å²) in [6.07, 6.45) is 2.85. The molecule has 74 valence electrons. The maximum absolute atomic E-state index is 2.46. The van der Waals surface area contributed by atoms with E-state index in [0.29, 0.717) is 16.2 Å². The number of hydrogen-bond donors (Lipinski definition) is 0. The van der Waals surface area contributed by atoms with E-state index >= 15 is 0 Å². The fourth-order valence-corrected chi connectivity index (χ4v) is 3.49. The Morgan fingerprint density at radius 1 is 0.846 bits per heavy atom. The first-order valence-electron chi connectivity index (χ1n) is 5.46. The van der Waals surface area contributed by atoms with Gasteiger partial charge in [-0.25, -0.2) is 0 Å². The van der Waals surface area contributed by atoms with Gasteiger partial charge < -0.3 is 0 Å². The molecule has 0 aromatic heterocycles. The van der Waals surface area contributed by atoms with Gasteiger partial charge in [-0.15, -0.1) is 0 Å². The predicted molar refractivity (Wildman–Crippen MR) is 57.6 cm³/mol. The molecule has 0 atom stereocenters. The van der Waals surface area contributed by atoms with Crippen LogP contribution in [0.1, 0.15) is 54.4 Å². The smallest absolute Gasteiger partial charge is 0.00281 e. The first kappa shape index (κ1) is 9.30. The SMILES string of the molecule is CC1=C(C)C2(CC2)C(C)(C)C1(C)C. The maximum atomic E-state index is 2.46. The van der Waals surface area contributed by atoms with Crippen LogP contribution in [0.4, 0.5) is 0 Å². The summed E-state index contributed by atoms with van der Waals surface area (Å²) in [6.45, 7) is 14.4. The summed E-state index contributed by atoms with van der Waals surface area (Å²) in [5, 5.41) is 0. The lowest BCUT2D eigenvalue weighted by molar-refractivity contribution is 0.104. The number of hydrogen-bond acceptors (Lipinski definition) is 0. The highest BCUT2D eigenvalue weighted by Crippen LogP contribution is 2.75. The molecule has 0 bridgehead atoms. The van der Waals surface area contributed by atoms with Gasteiger partial charge in [-0.3, -0.25) is 0 Å². The number of allylic oxidation sites excluding steroid dienone is 2. The van der Waals surface area contributed by atoms with Gasteiger partial charge in [0.1, 0.15) is 0 Å². The van der Waals surface area contributed by atoms with E-state index in [1.807, 2.05) is 0 Å². The molecule has 2 aliphatic rings. The third-order valence-corrected chi connectivity index (χ3v) is 5.73. The molecule has 1 fully saturated rings. The Labute approximate surface area is 82.4 Å². The van der Waals surface area contributed by atoms with Crippen LogP contribution in [0.2, 0.25) is 0 Å². The van der Waals surface area contributed by atoms with Crippen molar-refractivity contribution in [2.24, 2.45) is 16.2 Å². The Morgan fingerprint density at radius 2 is 1.31 bits per heavy atom. The molecule has 0 heteroatoms. The van der Waals surface area contributed by atoms with Gasteiger partial charge in [0.2, 0.25) is 0 Å². The Morgan fingerprint density at radius 3 is 1.46 bits per heavy atom. The van der Waals surface area contributed by atoms with E-state index in [0.717, 1.165) is 0 Å². The molecule has 0 N–H and O–H groups in total. The molecule has 13 heavy (non-hydrogen) atoms. The van der Waals surface area contributed by atoms with Crippen LogP contribution in [0.25, 0.3) is 0 Å². The summed E-state index contributed by atoms with van der Waals surface area (Å²) in [4.78, 5) is 0. The Bertz CT molecular complexity index is 269. The van der Waals surface area contributed by atoms with Crippen molar-refractivity contribution >= 4 is 0 Å². The van der Waals surface area contributed by atoms with Gasteiger partial charge in [-0.05, 0) is 42.9 Å². The third kappa shape index (κ3) is 0.742. The zero-order valence-corrected chi connectivity index (χ0v) is 9.91. The molecule has 0 aliphatic heterocycles. The van der Waals surface area contributed by atoms with E-state index in [1.54, 1.807) is 11.1 Å². The second-order valence-corrected chi connectivity index (χ2v) is 6.08. The van der Waals surface area contributed by atoms with Crippen molar-refractivity contribution in [3.05, 3.63) is 11.1 Å². The van der Waals surface area contributed by atoms with E-state index in [4.69, 9.17) is 0 Å².